The number of pyridine rings is 1. The zero-order valence-electron chi connectivity index (χ0n) is 17.9. The molecule has 1 saturated heterocycles. The van der Waals surface area contributed by atoms with Gasteiger partial charge in [-0.3, -0.25) is 9.69 Å². The summed E-state index contributed by atoms with van der Waals surface area (Å²) < 4.78 is 7.33. The van der Waals surface area contributed by atoms with Gasteiger partial charge in [-0.25, -0.2) is 4.57 Å². The van der Waals surface area contributed by atoms with E-state index in [1.54, 1.807) is 0 Å². The summed E-state index contributed by atoms with van der Waals surface area (Å²) >= 11 is 0. The van der Waals surface area contributed by atoms with Crippen molar-refractivity contribution in [3.63, 3.8) is 0 Å². The second-order valence-electron chi connectivity index (χ2n) is 8.04. The molecule has 28 heavy (non-hydrogen) atoms. The number of aryl methyl sites for hydroxylation is 1. The first-order valence-electron chi connectivity index (χ1n) is 11.0. The van der Waals surface area contributed by atoms with Crippen molar-refractivity contribution in [1.82, 2.24) is 4.90 Å². The minimum Gasteiger partial charge on any atom is -1.00 e. The lowest BCUT2D eigenvalue weighted by Crippen LogP contribution is -3.00. The zero-order valence-corrected chi connectivity index (χ0v) is 19.5. The highest BCUT2D eigenvalue weighted by Gasteiger charge is 2.24. The van der Waals surface area contributed by atoms with E-state index in [-0.39, 0.29) is 23.0 Å². The average Bonchev–Trinajstić information content (AvgIpc) is 3.08. The summed E-state index contributed by atoms with van der Waals surface area (Å²) in [5, 5.41) is 0. The maximum absolute atomic E-state index is 10.7. The van der Waals surface area contributed by atoms with Crippen molar-refractivity contribution in [1.29, 1.82) is 0 Å². The van der Waals surface area contributed by atoms with Crippen LogP contribution in [-0.4, -0.2) is 31.1 Å². The predicted molar refractivity (Wildman–Crippen MR) is 109 cm³/mol. The van der Waals surface area contributed by atoms with E-state index in [1.165, 1.54) is 83.2 Å². The van der Waals surface area contributed by atoms with Crippen molar-refractivity contribution in [3.8, 4) is 0 Å². The standard InChI is InChI=1S/C23H39N2O2.BrH/c1-21(26)27-19-11-9-7-5-3-4-6-8-10-17-25-18-12-14-22(20-25)23-15-13-16-24(23)2;/h12,14,18,20,23H,3-11,13,15-17,19H2,1-2H3;1H/q+1;/p-1. The molecule has 1 fully saturated rings. The molecule has 0 saturated carbocycles. The van der Waals surface area contributed by atoms with Crippen molar-refractivity contribution in [2.75, 3.05) is 20.2 Å². The van der Waals surface area contributed by atoms with Crippen LogP contribution in [0.15, 0.2) is 24.5 Å². The molecule has 5 heteroatoms. The molecular formula is C23H39BrN2O2. The lowest BCUT2D eigenvalue weighted by molar-refractivity contribution is -0.697. The van der Waals surface area contributed by atoms with Gasteiger partial charge in [0.2, 0.25) is 0 Å². The van der Waals surface area contributed by atoms with Crippen LogP contribution >= 0.6 is 0 Å². The fraction of sp³-hybridized carbons (Fsp3) is 0.739. The van der Waals surface area contributed by atoms with Gasteiger partial charge in [-0.1, -0.05) is 38.5 Å². The highest BCUT2D eigenvalue weighted by atomic mass is 79.9. The summed E-state index contributed by atoms with van der Waals surface area (Å²) in [5.74, 6) is -0.161. The molecule has 2 rings (SSSR count). The molecule has 0 N–H and O–H groups in total. The zero-order chi connectivity index (χ0) is 19.3. The lowest BCUT2D eigenvalue weighted by atomic mass is 10.1. The van der Waals surface area contributed by atoms with Crippen molar-refractivity contribution in [2.24, 2.45) is 0 Å². The van der Waals surface area contributed by atoms with Gasteiger partial charge in [0.1, 0.15) is 6.54 Å². The van der Waals surface area contributed by atoms with Crippen LogP contribution in [0, 0.1) is 0 Å². The van der Waals surface area contributed by atoms with Gasteiger partial charge in [0, 0.05) is 31.0 Å². The van der Waals surface area contributed by atoms with E-state index in [0.717, 1.165) is 13.0 Å². The molecule has 1 aliphatic rings. The number of aromatic nitrogens is 1. The molecule has 1 aliphatic heterocycles. The Balaban J connectivity index is 0.00000392. The number of carbonyl (C=O) groups excluding carboxylic acids is 1. The van der Waals surface area contributed by atoms with Gasteiger partial charge in [-0.15, -0.1) is 0 Å². The fourth-order valence-corrected chi connectivity index (χ4v) is 4.06. The van der Waals surface area contributed by atoms with Gasteiger partial charge < -0.3 is 21.7 Å². The normalized spacial score (nSPS) is 16.7. The fourth-order valence-electron chi connectivity index (χ4n) is 4.06. The smallest absolute Gasteiger partial charge is 0.302 e. The van der Waals surface area contributed by atoms with Gasteiger partial charge in [0.15, 0.2) is 12.4 Å². The maximum Gasteiger partial charge on any atom is 0.302 e. The molecule has 0 spiro atoms. The Morgan fingerprint density at radius 2 is 1.75 bits per heavy atom. The van der Waals surface area contributed by atoms with Crippen LogP contribution in [0.5, 0.6) is 0 Å². The van der Waals surface area contributed by atoms with Crippen LogP contribution in [0.1, 0.15) is 89.2 Å². The van der Waals surface area contributed by atoms with E-state index in [4.69, 9.17) is 4.74 Å². The van der Waals surface area contributed by atoms with Gasteiger partial charge >= 0.3 is 5.97 Å². The molecule has 1 aromatic rings. The number of ether oxygens (including phenoxy) is 1. The first-order chi connectivity index (χ1) is 13.2. The van der Waals surface area contributed by atoms with Crippen LogP contribution in [0.2, 0.25) is 0 Å². The third-order valence-corrected chi connectivity index (χ3v) is 5.65. The number of carbonyl (C=O) groups is 1. The average molecular weight is 455 g/mol. The third kappa shape index (κ3) is 10.0. The summed E-state index contributed by atoms with van der Waals surface area (Å²) in [6, 6.07) is 5.12. The molecule has 0 radical (unpaired) electrons. The second-order valence-corrected chi connectivity index (χ2v) is 8.04. The Hall–Kier alpha value is -0.940. The number of likely N-dealkylation sites (tertiary alicyclic amines) is 1. The van der Waals surface area contributed by atoms with Gasteiger partial charge in [0.05, 0.1) is 6.61 Å². The largest absolute Gasteiger partial charge is 1.00 e. The Morgan fingerprint density at radius 3 is 2.36 bits per heavy atom. The molecule has 0 bridgehead atoms. The number of hydrogen-bond donors (Lipinski definition) is 0. The summed E-state index contributed by atoms with van der Waals surface area (Å²) in [4.78, 5) is 13.1. The number of halogens is 1. The van der Waals surface area contributed by atoms with Crippen molar-refractivity contribution in [2.45, 2.75) is 90.1 Å². The lowest BCUT2D eigenvalue weighted by Gasteiger charge is -2.18. The maximum atomic E-state index is 10.7. The summed E-state index contributed by atoms with van der Waals surface area (Å²) in [6.45, 7) is 4.43. The Labute approximate surface area is 182 Å². The van der Waals surface area contributed by atoms with Crippen molar-refractivity contribution < 1.29 is 31.1 Å². The van der Waals surface area contributed by atoms with Crippen LogP contribution in [0.3, 0.4) is 0 Å². The molecule has 0 aliphatic carbocycles. The topological polar surface area (TPSA) is 33.4 Å². The predicted octanol–water partition coefficient (Wildman–Crippen LogP) is 1.82. The Bertz CT molecular complexity index is 553. The van der Waals surface area contributed by atoms with E-state index in [2.05, 4.69) is 41.0 Å². The molecule has 0 aromatic carbocycles. The summed E-state index contributed by atoms with van der Waals surface area (Å²) in [6.07, 6.45) is 18.6. The van der Waals surface area contributed by atoms with E-state index >= 15 is 0 Å². The monoisotopic (exact) mass is 454 g/mol. The number of unbranched alkanes of at least 4 members (excludes halogenated alkanes) is 8. The minimum absolute atomic E-state index is 0. The molecule has 1 atom stereocenters. The van der Waals surface area contributed by atoms with Crippen LogP contribution < -0.4 is 21.5 Å². The van der Waals surface area contributed by atoms with Crippen LogP contribution in [-0.2, 0) is 16.1 Å². The quantitative estimate of drug-likeness (QED) is 0.259. The molecule has 2 heterocycles. The third-order valence-electron chi connectivity index (χ3n) is 5.65. The number of esters is 1. The van der Waals surface area contributed by atoms with Crippen molar-refractivity contribution in [3.05, 3.63) is 30.1 Å². The molecule has 160 valence electrons. The van der Waals surface area contributed by atoms with Gasteiger partial charge in [-0.05, 0) is 45.3 Å². The van der Waals surface area contributed by atoms with Gasteiger partial charge in [-0.2, -0.15) is 0 Å². The van der Waals surface area contributed by atoms with E-state index in [1.807, 2.05) is 0 Å². The number of nitrogens with zero attached hydrogens (tertiary/aromatic N) is 2. The number of rotatable bonds is 13. The molecular weight excluding hydrogens is 416 g/mol. The van der Waals surface area contributed by atoms with E-state index in [9.17, 15) is 4.79 Å². The SMILES string of the molecule is CC(=O)OCCCCCCCCCCC[n+]1cccc(C2CCCN2C)c1.[Br-]. The molecule has 1 aromatic heterocycles. The minimum atomic E-state index is -0.161. The number of hydrogen-bond acceptors (Lipinski definition) is 3. The first-order valence-corrected chi connectivity index (χ1v) is 11.0. The highest BCUT2D eigenvalue weighted by molar-refractivity contribution is 5.65. The van der Waals surface area contributed by atoms with Crippen LogP contribution in [0.4, 0.5) is 0 Å². The van der Waals surface area contributed by atoms with Crippen LogP contribution in [0.25, 0.3) is 0 Å². The summed E-state index contributed by atoms with van der Waals surface area (Å²) in [5.41, 5.74) is 1.48. The van der Waals surface area contributed by atoms with Crippen molar-refractivity contribution >= 4 is 5.97 Å². The molecule has 1 unspecified atom stereocenters. The molecule has 4 nitrogen and oxygen atoms in total. The summed E-state index contributed by atoms with van der Waals surface area (Å²) in [7, 11) is 2.24. The molecule has 0 amide bonds. The first kappa shape index (κ1) is 25.1. The Kier molecular flexibility index (Phi) is 13.4. The second kappa shape index (κ2) is 15.0. The van der Waals surface area contributed by atoms with E-state index in [0.29, 0.717) is 12.6 Å². The Morgan fingerprint density at radius 1 is 1.11 bits per heavy atom. The van der Waals surface area contributed by atoms with Gasteiger partial charge in [0.25, 0.3) is 0 Å². The highest BCUT2D eigenvalue weighted by Crippen LogP contribution is 2.29. The van der Waals surface area contributed by atoms with E-state index < -0.39 is 0 Å².